The van der Waals surface area contributed by atoms with Gasteiger partial charge in [0.05, 0.1) is 32.8 Å². The van der Waals surface area contributed by atoms with Gasteiger partial charge in [-0.1, -0.05) is 13.0 Å². The first-order valence-electron chi connectivity index (χ1n) is 8.16. The first-order chi connectivity index (χ1) is 11.8. The Hall–Kier alpha value is -2.31. The van der Waals surface area contributed by atoms with Gasteiger partial charge in [-0.3, -0.25) is 4.79 Å². The molecule has 7 heteroatoms. The number of rotatable bonds is 3. The Labute approximate surface area is 146 Å². The summed E-state index contributed by atoms with van der Waals surface area (Å²) < 4.78 is 14.4. The zero-order valence-electron chi connectivity index (χ0n) is 15.0. The lowest BCUT2D eigenvalue weighted by Crippen LogP contribution is -2.32. The van der Waals surface area contributed by atoms with Gasteiger partial charge in [-0.15, -0.1) is 0 Å². The van der Waals surface area contributed by atoms with E-state index in [0.717, 1.165) is 0 Å². The van der Waals surface area contributed by atoms with Crippen LogP contribution in [0.5, 0.6) is 0 Å². The normalized spacial score (nSPS) is 31.9. The van der Waals surface area contributed by atoms with Gasteiger partial charge in [0, 0.05) is 6.42 Å². The van der Waals surface area contributed by atoms with Gasteiger partial charge in [0.15, 0.2) is 0 Å². The molecular formula is C18H24O7. The van der Waals surface area contributed by atoms with Crippen LogP contribution in [0.1, 0.15) is 32.6 Å². The zero-order valence-corrected chi connectivity index (χ0v) is 15.0. The number of carbonyl (C=O) groups is 3. The molecule has 1 N–H and O–H groups in total. The van der Waals surface area contributed by atoms with E-state index in [0.29, 0.717) is 19.3 Å². The van der Waals surface area contributed by atoms with Gasteiger partial charge in [-0.2, -0.15) is 0 Å². The Morgan fingerprint density at radius 3 is 2.32 bits per heavy atom. The Morgan fingerprint density at radius 2 is 1.76 bits per heavy atom. The molecule has 0 aliphatic heterocycles. The van der Waals surface area contributed by atoms with E-state index < -0.39 is 11.9 Å². The van der Waals surface area contributed by atoms with Crippen molar-refractivity contribution in [3.63, 3.8) is 0 Å². The number of aliphatic hydroxyl groups is 1. The summed E-state index contributed by atoms with van der Waals surface area (Å²) in [7, 11) is 3.73. The summed E-state index contributed by atoms with van der Waals surface area (Å²) in [6.45, 7) is 1.97. The Morgan fingerprint density at radius 1 is 1.12 bits per heavy atom. The lowest BCUT2D eigenvalue weighted by Gasteiger charge is -2.34. The molecule has 7 nitrogen and oxygen atoms in total. The van der Waals surface area contributed by atoms with Crippen LogP contribution in [0.25, 0.3) is 0 Å². The average molecular weight is 352 g/mol. The van der Waals surface area contributed by atoms with Gasteiger partial charge in [0.25, 0.3) is 0 Å². The predicted molar refractivity (Wildman–Crippen MR) is 87.3 cm³/mol. The maximum Gasteiger partial charge on any atom is 0.342 e. The number of esters is 3. The summed E-state index contributed by atoms with van der Waals surface area (Å²) in [5.41, 5.74) is -0.597. The van der Waals surface area contributed by atoms with Crippen LogP contribution in [0, 0.1) is 17.3 Å². The second kappa shape index (κ2) is 7.29. The number of aliphatic hydroxyl groups excluding tert-OH is 1. The monoisotopic (exact) mass is 352 g/mol. The second-order valence-corrected chi connectivity index (χ2v) is 6.76. The van der Waals surface area contributed by atoms with Crippen molar-refractivity contribution in [1.82, 2.24) is 0 Å². The van der Waals surface area contributed by atoms with Gasteiger partial charge in [-0.05, 0) is 30.6 Å². The minimum atomic E-state index is -0.793. The van der Waals surface area contributed by atoms with Crippen LogP contribution < -0.4 is 0 Å². The van der Waals surface area contributed by atoms with Gasteiger partial charge < -0.3 is 19.3 Å². The van der Waals surface area contributed by atoms with Crippen LogP contribution >= 0.6 is 0 Å². The third-order valence-electron chi connectivity index (χ3n) is 5.41. The highest BCUT2D eigenvalue weighted by Gasteiger charge is 2.49. The number of hydrogen-bond acceptors (Lipinski definition) is 7. The van der Waals surface area contributed by atoms with E-state index in [-0.39, 0.29) is 46.5 Å². The predicted octanol–water partition coefficient (Wildman–Crippen LogP) is 2.07. The van der Waals surface area contributed by atoms with E-state index >= 15 is 0 Å². The quantitative estimate of drug-likeness (QED) is 0.613. The van der Waals surface area contributed by atoms with Crippen molar-refractivity contribution in [2.45, 2.75) is 32.6 Å². The highest BCUT2D eigenvalue weighted by atomic mass is 16.5. The molecule has 2 rings (SSSR count). The highest BCUT2D eigenvalue weighted by molar-refractivity contribution is 6.07. The van der Waals surface area contributed by atoms with Crippen molar-refractivity contribution < 1.29 is 33.7 Å². The number of hydrogen-bond donors (Lipinski definition) is 1. The van der Waals surface area contributed by atoms with Crippen molar-refractivity contribution >= 4 is 17.9 Å². The Balaban J connectivity index is 2.52. The molecule has 0 radical (unpaired) electrons. The molecule has 3 atom stereocenters. The van der Waals surface area contributed by atoms with Crippen LogP contribution in [-0.2, 0) is 28.6 Å². The zero-order chi connectivity index (χ0) is 18.8. The fraction of sp³-hybridized carbons (Fsp3) is 0.611. The first-order valence-corrected chi connectivity index (χ1v) is 8.16. The van der Waals surface area contributed by atoms with Crippen LogP contribution in [0.2, 0.25) is 0 Å². The van der Waals surface area contributed by atoms with E-state index in [4.69, 9.17) is 14.2 Å². The van der Waals surface area contributed by atoms with Gasteiger partial charge in [0.1, 0.15) is 11.3 Å². The summed E-state index contributed by atoms with van der Waals surface area (Å²) in [6.07, 6.45) is 3.46. The maximum absolute atomic E-state index is 12.1. The fourth-order valence-electron chi connectivity index (χ4n) is 4.06. The van der Waals surface area contributed by atoms with Gasteiger partial charge in [-0.25, -0.2) is 9.59 Å². The Bertz CT molecular complexity index is 646. The molecule has 0 aromatic rings. The smallest absolute Gasteiger partial charge is 0.342 e. The summed E-state index contributed by atoms with van der Waals surface area (Å²) in [5.74, 6) is -2.46. The molecule has 0 bridgehead atoms. The fourth-order valence-corrected chi connectivity index (χ4v) is 4.06. The van der Waals surface area contributed by atoms with E-state index in [1.54, 1.807) is 6.08 Å². The molecular weight excluding hydrogens is 328 g/mol. The molecule has 0 aromatic carbocycles. The highest BCUT2D eigenvalue weighted by Crippen LogP contribution is 2.53. The van der Waals surface area contributed by atoms with Gasteiger partial charge in [0.2, 0.25) is 0 Å². The molecule has 2 aliphatic rings. The molecule has 0 amide bonds. The second-order valence-electron chi connectivity index (χ2n) is 6.76. The standard InChI is InChI=1S/C18H24O7/c1-18-8-7-10(15(20)23-2)12(18)6-5-11(16(21)24-3)14(13(19)9-18)17(22)25-4/h5,10,12,19H,6-9H2,1-4H3/b11-5?,14-13-/t10-,12?,18-/m1/s1. The average Bonchev–Trinajstić information content (AvgIpc) is 2.90. The van der Waals surface area contributed by atoms with Crippen molar-refractivity contribution in [3.05, 3.63) is 23.0 Å². The third kappa shape index (κ3) is 3.41. The molecule has 138 valence electrons. The SMILES string of the molecule is COC(=O)C1=CCC2[C@H](C(=O)OC)CC[C@]2(C)C/C(O)=C\1C(=O)OC. The summed E-state index contributed by atoms with van der Waals surface area (Å²) in [4.78, 5) is 36.3. The number of ether oxygens (including phenoxy) is 3. The summed E-state index contributed by atoms with van der Waals surface area (Å²) in [5, 5.41) is 10.6. The lowest BCUT2D eigenvalue weighted by atomic mass is 9.70. The number of methoxy groups -OCH3 is 3. The Kier molecular flexibility index (Phi) is 5.55. The molecule has 0 heterocycles. The molecule has 1 saturated carbocycles. The lowest BCUT2D eigenvalue weighted by molar-refractivity contribution is -0.147. The molecule has 1 fully saturated rings. The van der Waals surface area contributed by atoms with Crippen molar-refractivity contribution in [3.8, 4) is 0 Å². The van der Waals surface area contributed by atoms with Gasteiger partial charge >= 0.3 is 17.9 Å². The number of allylic oxidation sites excluding steroid dienone is 2. The van der Waals surface area contributed by atoms with Crippen LogP contribution in [-0.4, -0.2) is 44.3 Å². The molecule has 2 aliphatic carbocycles. The van der Waals surface area contributed by atoms with E-state index in [2.05, 4.69) is 0 Å². The minimum Gasteiger partial charge on any atom is -0.511 e. The van der Waals surface area contributed by atoms with Crippen molar-refractivity contribution in [2.24, 2.45) is 17.3 Å². The van der Waals surface area contributed by atoms with Crippen LogP contribution in [0.15, 0.2) is 23.0 Å². The summed E-state index contributed by atoms with van der Waals surface area (Å²) in [6, 6.07) is 0. The molecule has 0 spiro atoms. The molecule has 25 heavy (non-hydrogen) atoms. The number of fused-ring (bicyclic) bond motifs is 1. The molecule has 0 saturated heterocycles. The molecule has 0 aromatic heterocycles. The molecule has 1 unspecified atom stereocenters. The van der Waals surface area contributed by atoms with Crippen LogP contribution in [0.4, 0.5) is 0 Å². The van der Waals surface area contributed by atoms with Crippen molar-refractivity contribution in [1.29, 1.82) is 0 Å². The summed E-state index contributed by atoms with van der Waals surface area (Å²) >= 11 is 0. The first kappa shape index (κ1) is 19.0. The van der Waals surface area contributed by atoms with Crippen LogP contribution in [0.3, 0.4) is 0 Å². The van der Waals surface area contributed by atoms with E-state index in [1.807, 2.05) is 6.92 Å². The van der Waals surface area contributed by atoms with E-state index in [1.165, 1.54) is 21.3 Å². The third-order valence-corrected chi connectivity index (χ3v) is 5.41. The number of carbonyl (C=O) groups excluding carboxylic acids is 3. The van der Waals surface area contributed by atoms with E-state index in [9.17, 15) is 19.5 Å². The van der Waals surface area contributed by atoms with Crippen molar-refractivity contribution in [2.75, 3.05) is 21.3 Å². The minimum absolute atomic E-state index is 0.0376. The largest absolute Gasteiger partial charge is 0.511 e. The maximum atomic E-state index is 12.1. The topological polar surface area (TPSA) is 99.1 Å².